The zero-order valence-corrected chi connectivity index (χ0v) is 17.9. The summed E-state index contributed by atoms with van der Waals surface area (Å²) in [4.78, 5) is 10.6. The van der Waals surface area contributed by atoms with Crippen molar-refractivity contribution >= 4 is 38.9 Å². The number of non-ortho nitro benzene ring substituents is 1. The molecule has 0 saturated heterocycles. The number of halogens is 2. The van der Waals surface area contributed by atoms with E-state index >= 15 is 0 Å². The van der Waals surface area contributed by atoms with E-state index in [1.807, 2.05) is 41.4 Å². The molecule has 0 amide bonds. The first-order chi connectivity index (χ1) is 14.5. The van der Waals surface area contributed by atoms with Crippen LogP contribution in [-0.2, 0) is 0 Å². The molecule has 0 unspecified atom stereocenters. The molecule has 2 aliphatic heterocycles. The van der Waals surface area contributed by atoms with Crippen molar-refractivity contribution < 1.29 is 9.66 Å². The van der Waals surface area contributed by atoms with E-state index in [-0.39, 0.29) is 11.7 Å². The van der Waals surface area contributed by atoms with Crippen molar-refractivity contribution in [2.24, 2.45) is 5.10 Å². The van der Waals surface area contributed by atoms with Crippen molar-refractivity contribution in [2.45, 2.75) is 18.7 Å². The summed E-state index contributed by atoms with van der Waals surface area (Å²) >= 11 is 9.59. The van der Waals surface area contributed by atoms with Crippen molar-refractivity contribution in [3.8, 4) is 5.75 Å². The Kier molecular flexibility index (Phi) is 4.72. The quantitative estimate of drug-likeness (QED) is 0.325. The van der Waals surface area contributed by atoms with Gasteiger partial charge in [0.25, 0.3) is 5.69 Å². The van der Waals surface area contributed by atoms with Crippen molar-refractivity contribution in [1.29, 1.82) is 0 Å². The van der Waals surface area contributed by atoms with Gasteiger partial charge in [0, 0.05) is 39.2 Å². The minimum atomic E-state index is -0.478. The lowest BCUT2D eigenvalue weighted by molar-refractivity contribution is -0.384. The Morgan fingerprint density at radius 3 is 2.53 bits per heavy atom. The first kappa shape index (κ1) is 19.1. The molecule has 3 aromatic carbocycles. The Labute approximate surface area is 186 Å². The molecule has 0 radical (unpaired) electrons. The van der Waals surface area contributed by atoms with Crippen LogP contribution in [0, 0.1) is 10.1 Å². The van der Waals surface area contributed by atoms with E-state index < -0.39 is 11.2 Å². The fourth-order valence-corrected chi connectivity index (χ4v) is 4.36. The van der Waals surface area contributed by atoms with Gasteiger partial charge in [-0.3, -0.25) is 10.1 Å². The van der Waals surface area contributed by atoms with Gasteiger partial charge in [-0.25, -0.2) is 5.01 Å². The molecule has 3 aromatic rings. The second-order valence-electron chi connectivity index (χ2n) is 7.15. The van der Waals surface area contributed by atoms with Gasteiger partial charge in [-0.15, -0.1) is 0 Å². The molecule has 30 heavy (non-hydrogen) atoms. The van der Waals surface area contributed by atoms with Crippen molar-refractivity contribution in [3.05, 3.63) is 103 Å². The van der Waals surface area contributed by atoms with Gasteiger partial charge in [-0.05, 0) is 48.0 Å². The molecule has 2 atom stereocenters. The van der Waals surface area contributed by atoms with E-state index in [0.29, 0.717) is 5.02 Å². The molecule has 2 heterocycles. The number of hydrogen-bond donors (Lipinski definition) is 0. The predicted molar refractivity (Wildman–Crippen MR) is 118 cm³/mol. The van der Waals surface area contributed by atoms with Gasteiger partial charge < -0.3 is 4.74 Å². The van der Waals surface area contributed by atoms with Crippen LogP contribution in [0.5, 0.6) is 5.75 Å². The van der Waals surface area contributed by atoms with Crippen molar-refractivity contribution in [1.82, 2.24) is 5.01 Å². The smallest absolute Gasteiger partial charge is 0.269 e. The summed E-state index contributed by atoms with van der Waals surface area (Å²) in [5.74, 6) is 0.787. The van der Waals surface area contributed by atoms with E-state index in [2.05, 4.69) is 22.0 Å². The first-order valence-corrected chi connectivity index (χ1v) is 10.5. The topological polar surface area (TPSA) is 68.0 Å². The SMILES string of the molecule is O=[N+]([O-])c1ccc([C@@H]2Oc3ccc(Br)cc3[C@@H]3CC(c4ccc(Cl)cc4)=NN32)cc1. The average Bonchev–Trinajstić information content (AvgIpc) is 3.19. The maximum atomic E-state index is 11.0. The third-order valence-electron chi connectivity index (χ3n) is 5.32. The summed E-state index contributed by atoms with van der Waals surface area (Å²) in [7, 11) is 0. The number of ether oxygens (including phenoxy) is 1. The summed E-state index contributed by atoms with van der Waals surface area (Å²) < 4.78 is 7.27. The Bertz CT molecular complexity index is 1170. The standard InChI is InChI=1S/C22H15BrClN3O3/c23-15-5-10-21-18(11-15)20-12-19(13-1-6-16(24)7-2-13)25-26(20)22(30-21)14-3-8-17(9-4-14)27(28)29/h1-11,20,22H,12H2/t20-,22-/m0/s1. The highest BCUT2D eigenvalue weighted by Gasteiger charge is 2.41. The van der Waals surface area contributed by atoms with E-state index in [0.717, 1.165) is 39.0 Å². The largest absolute Gasteiger partial charge is 0.464 e. The van der Waals surface area contributed by atoms with Crippen LogP contribution in [0.15, 0.2) is 76.3 Å². The van der Waals surface area contributed by atoms with Crippen LogP contribution in [-0.4, -0.2) is 15.6 Å². The van der Waals surface area contributed by atoms with Gasteiger partial charge in [0.15, 0.2) is 0 Å². The van der Waals surface area contributed by atoms with Gasteiger partial charge in [-0.2, -0.15) is 5.10 Å². The molecule has 0 aromatic heterocycles. The van der Waals surface area contributed by atoms with E-state index in [1.165, 1.54) is 12.1 Å². The van der Waals surface area contributed by atoms with Gasteiger partial charge in [-0.1, -0.05) is 39.7 Å². The van der Waals surface area contributed by atoms with Crippen LogP contribution < -0.4 is 4.74 Å². The Morgan fingerprint density at radius 2 is 1.83 bits per heavy atom. The number of nitrogens with zero attached hydrogens (tertiary/aromatic N) is 3. The number of hydrazone groups is 1. The van der Waals surface area contributed by atoms with E-state index in [4.69, 9.17) is 21.4 Å². The number of nitro benzene ring substituents is 1. The summed E-state index contributed by atoms with van der Waals surface area (Å²) in [6.45, 7) is 0. The van der Waals surface area contributed by atoms with Gasteiger partial charge in [0.2, 0.25) is 6.23 Å². The zero-order chi connectivity index (χ0) is 20.8. The molecule has 0 aliphatic carbocycles. The molecule has 5 rings (SSSR count). The van der Waals surface area contributed by atoms with Crippen LogP contribution in [0.1, 0.15) is 35.4 Å². The fourth-order valence-electron chi connectivity index (χ4n) is 3.86. The van der Waals surface area contributed by atoms with Gasteiger partial charge in [0.05, 0.1) is 16.7 Å². The molecule has 2 aliphatic rings. The summed E-state index contributed by atoms with van der Waals surface area (Å²) in [6.07, 6.45) is 0.243. The zero-order valence-electron chi connectivity index (χ0n) is 15.5. The molecule has 8 heteroatoms. The predicted octanol–water partition coefficient (Wildman–Crippen LogP) is 6.25. The van der Waals surface area contributed by atoms with Gasteiger partial charge >= 0.3 is 0 Å². The number of hydrogen-bond acceptors (Lipinski definition) is 5. The van der Waals surface area contributed by atoms with E-state index in [1.54, 1.807) is 12.1 Å². The van der Waals surface area contributed by atoms with E-state index in [9.17, 15) is 10.1 Å². The molecular weight excluding hydrogens is 470 g/mol. The van der Waals surface area contributed by atoms with Crippen LogP contribution in [0.4, 0.5) is 5.69 Å². The number of benzene rings is 3. The third kappa shape index (κ3) is 3.34. The number of rotatable bonds is 3. The number of nitro groups is 1. The Hall–Kier alpha value is -2.90. The minimum Gasteiger partial charge on any atom is -0.464 e. The molecule has 0 N–H and O–H groups in total. The highest BCUT2D eigenvalue weighted by Crippen LogP contribution is 2.48. The molecule has 0 saturated carbocycles. The molecule has 0 fully saturated rings. The molecule has 6 nitrogen and oxygen atoms in total. The maximum absolute atomic E-state index is 11.0. The summed E-state index contributed by atoms with van der Waals surface area (Å²) in [6, 6.07) is 20.0. The normalized spacial score (nSPS) is 19.5. The second kappa shape index (κ2) is 7.41. The Morgan fingerprint density at radius 1 is 1.10 bits per heavy atom. The number of fused-ring (bicyclic) bond motifs is 3. The summed E-state index contributed by atoms with van der Waals surface area (Å²) in [5.41, 5.74) is 3.85. The van der Waals surface area contributed by atoms with Crippen LogP contribution in [0.2, 0.25) is 5.02 Å². The van der Waals surface area contributed by atoms with Crippen molar-refractivity contribution in [2.75, 3.05) is 0 Å². The molecular formula is C22H15BrClN3O3. The first-order valence-electron chi connectivity index (χ1n) is 9.32. The second-order valence-corrected chi connectivity index (χ2v) is 8.51. The lowest BCUT2D eigenvalue weighted by Gasteiger charge is -2.38. The highest BCUT2D eigenvalue weighted by molar-refractivity contribution is 9.10. The summed E-state index contributed by atoms with van der Waals surface area (Å²) in [5, 5.41) is 18.5. The van der Waals surface area contributed by atoms with Crippen LogP contribution >= 0.6 is 27.5 Å². The minimum absolute atomic E-state index is 0.00267. The Balaban J connectivity index is 1.57. The van der Waals surface area contributed by atoms with Crippen LogP contribution in [0.3, 0.4) is 0 Å². The lowest BCUT2D eigenvalue weighted by atomic mass is 9.96. The third-order valence-corrected chi connectivity index (χ3v) is 6.06. The molecule has 150 valence electrons. The monoisotopic (exact) mass is 483 g/mol. The molecule has 0 bridgehead atoms. The average molecular weight is 485 g/mol. The molecule has 0 spiro atoms. The van der Waals surface area contributed by atoms with Crippen molar-refractivity contribution in [3.63, 3.8) is 0 Å². The van der Waals surface area contributed by atoms with Gasteiger partial charge in [0.1, 0.15) is 5.75 Å². The van der Waals surface area contributed by atoms with Crippen LogP contribution in [0.25, 0.3) is 0 Å². The fraction of sp³-hybridized carbons (Fsp3) is 0.136. The maximum Gasteiger partial charge on any atom is 0.269 e. The lowest BCUT2D eigenvalue weighted by Crippen LogP contribution is -2.33. The highest BCUT2D eigenvalue weighted by atomic mass is 79.9.